The Morgan fingerprint density at radius 2 is 1.96 bits per heavy atom. The number of thioether (sulfide) groups is 1. The first kappa shape index (κ1) is 15.8. The number of nitrogens with zero attached hydrogens (tertiary/aromatic N) is 5. The maximum atomic E-state index is 10.7. The van der Waals surface area contributed by atoms with Gasteiger partial charge < -0.3 is 9.64 Å². The van der Waals surface area contributed by atoms with Crippen molar-refractivity contribution in [2.24, 2.45) is 7.05 Å². The third-order valence-corrected chi connectivity index (χ3v) is 4.71. The molecule has 0 atom stereocenters. The smallest absolute Gasteiger partial charge is 0.269 e. The van der Waals surface area contributed by atoms with Gasteiger partial charge in [0.25, 0.3) is 5.69 Å². The summed E-state index contributed by atoms with van der Waals surface area (Å²) in [5.74, 6) is 1.53. The fourth-order valence-electron chi connectivity index (χ4n) is 2.33. The van der Waals surface area contributed by atoms with Crippen molar-refractivity contribution in [3.8, 4) is 0 Å². The number of rotatable bonds is 5. The normalized spacial score (nSPS) is 14.9. The average Bonchev–Trinajstić information content (AvgIpc) is 2.95. The van der Waals surface area contributed by atoms with Gasteiger partial charge in [0.15, 0.2) is 5.16 Å². The summed E-state index contributed by atoms with van der Waals surface area (Å²) in [6.45, 7) is 3.05. The molecule has 1 saturated heterocycles. The molecule has 8 nitrogen and oxygen atoms in total. The Labute approximate surface area is 137 Å². The molecule has 1 aromatic carbocycles. The minimum atomic E-state index is -0.395. The van der Waals surface area contributed by atoms with Crippen LogP contribution in [0.2, 0.25) is 0 Å². The van der Waals surface area contributed by atoms with E-state index in [0.29, 0.717) is 19.0 Å². The summed E-state index contributed by atoms with van der Waals surface area (Å²) >= 11 is 1.56. The molecule has 0 amide bonds. The topological polar surface area (TPSA) is 86.3 Å². The van der Waals surface area contributed by atoms with Crippen LogP contribution >= 0.6 is 11.8 Å². The van der Waals surface area contributed by atoms with E-state index in [4.69, 9.17) is 4.74 Å². The lowest BCUT2D eigenvalue weighted by atomic mass is 10.2. The molecule has 2 heterocycles. The zero-order valence-corrected chi connectivity index (χ0v) is 13.5. The van der Waals surface area contributed by atoms with Gasteiger partial charge in [0.2, 0.25) is 5.95 Å². The number of morpholine rings is 1. The van der Waals surface area contributed by atoms with E-state index in [1.807, 2.05) is 11.6 Å². The van der Waals surface area contributed by atoms with Gasteiger partial charge in [-0.25, -0.2) is 0 Å². The van der Waals surface area contributed by atoms with Crippen LogP contribution in [-0.4, -0.2) is 46.0 Å². The number of benzene rings is 1. The predicted molar refractivity (Wildman–Crippen MR) is 86.7 cm³/mol. The number of nitro benzene ring substituents is 1. The second-order valence-electron chi connectivity index (χ2n) is 5.15. The number of anilines is 1. The van der Waals surface area contributed by atoms with E-state index in [2.05, 4.69) is 15.1 Å². The molecule has 9 heteroatoms. The Morgan fingerprint density at radius 1 is 1.26 bits per heavy atom. The van der Waals surface area contributed by atoms with Crippen molar-refractivity contribution < 1.29 is 9.66 Å². The van der Waals surface area contributed by atoms with Gasteiger partial charge >= 0.3 is 0 Å². The maximum absolute atomic E-state index is 10.7. The summed E-state index contributed by atoms with van der Waals surface area (Å²) < 4.78 is 7.32. The molecule has 1 aliphatic heterocycles. The first-order chi connectivity index (χ1) is 11.1. The van der Waals surface area contributed by atoms with E-state index in [9.17, 15) is 10.1 Å². The zero-order chi connectivity index (χ0) is 16.2. The molecule has 0 radical (unpaired) electrons. The van der Waals surface area contributed by atoms with Crippen LogP contribution < -0.4 is 4.90 Å². The van der Waals surface area contributed by atoms with Crippen LogP contribution in [0.5, 0.6) is 0 Å². The predicted octanol–water partition coefficient (Wildman–Crippen LogP) is 1.85. The van der Waals surface area contributed by atoms with Crippen LogP contribution in [0.4, 0.5) is 11.6 Å². The zero-order valence-electron chi connectivity index (χ0n) is 12.7. The van der Waals surface area contributed by atoms with Crippen molar-refractivity contribution in [3.05, 3.63) is 39.9 Å². The van der Waals surface area contributed by atoms with Crippen LogP contribution in [0.25, 0.3) is 0 Å². The summed E-state index contributed by atoms with van der Waals surface area (Å²) in [7, 11) is 1.95. The minimum absolute atomic E-state index is 0.104. The number of hydrogen-bond acceptors (Lipinski definition) is 7. The standard InChI is InChI=1S/C14H17N5O3S/c1-17-13(18-6-8-22-9-7-18)15-16-14(17)23-10-11-2-4-12(5-3-11)19(20)21/h2-5H,6-10H2,1H3. The van der Waals surface area contributed by atoms with Crippen LogP contribution in [0.1, 0.15) is 5.56 Å². The lowest BCUT2D eigenvalue weighted by Gasteiger charge is -2.27. The highest BCUT2D eigenvalue weighted by molar-refractivity contribution is 7.98. The number of ether oxygens (including phenoxy) is 1. The quantitative estimate of drug-likeness (QED) is 0.468. The molecule has 2 aromatic rings. The Morgan fingerprint density at radius 3 is 2.61 bits per heavy atom. The molecular formula is C14H17N5O3S. The molecule has 0 bridgehead atoms. The van der Waals surface area contributed by atoms with Gasteiger partial charge in [0, 0.05) is 38.0 Å². The van der Waals surface area contributed by atoms with Crippen molar-refractivity contribution in [3.63, 3.8) is 0 Å². The highest BCUT2D eigenvalue weighted by Gasteiger charge is 2.18. The Hall–Kier alpha value is -2.13. The number of nitro groups is 1. The van der Waals surface area contributed by atoms with Crippen molar-refractivity contribution in [1.82, 2.24) is 14.8 Å². The van der Waals surface area contributed by atoms with E-state index >= 15 is 0 Å². The van der Waals surface area contributed by atoms with Gasteiger partial charge in [0.1, 0.15) is 0 Å². The van der Waals surface area contributed by atoms with Gasteiger partial charge in [0.05, 0.1) is 18.1 Å². The first-order valence-corrected chi connectivity index (χ1v) is 8.22. The summed E-state index contributed by atoms with van der Waals surface area (Å²) in [5.41, 5.74) is 1.11. The highest BCUT2D eigenvalue weighted by Crippen LogP contribution is 2.25. The molecule has 122 valence electrons. The number of non-ortho nitro benzene ring substituents is 1. The molecule has 1 aromatic heterocycles. The largest absolute Gasteiger partial charge is 0.378 e. The molecule has 1 aliphatic rings. The Bertz CT molecular complexity index is 682. The molecule has 3 rings (SSSR count). The van der Waals surface area contributed by atoms with E-state index in [1.54, 1.807) is 23.9 Å². The van der Waals surface area contributed by atoms with Crippen LogP contribution in [-0.2, 0) is 17.5 Å². The molecule has 0 aliphatic carbocycles. The van der Waals surface area contributed by atoms with Gasteiger partial charge in [-0.1, -0.05) is 23.9 Å². The second-order valence-corrected chi connectivity index (χ2v) is 6.10. The third kappa shape index (κ3) is 3.62. The van der Waals surface area contributed by atoms with Crippen molar-refractivity contribution >= 4 is 23.4 Å². The molecule has 0 unspecified atom stereocenters. The lowest BCUT2D eigenvalue weighted by molar-refractivity contribution is -0.384. The van der Waals surface area contributed by atoms with E-state index in [0.717, 1.165) is 29.8 Å². The highest BCUT2D eigenvalue weighted by atomic mass is 32.2. The average molecular weight is 335 g/mol. The molecule has 1 fully saturated rings. The van der Waals surface area contributed by atoms with Gasteiger partial charge in [-0.3, -0.25) is 14.7 Å². The molecule has 0 saturated carbocycles. The van der Waals surface area contributed by atoms with Gasteiger partial charge in [-0.05, 0) is 5.56 Å². The summed E-state index contributed by atoms with van der Waals surface area (Å²) in [6.07, 6.45) is 0. The van der Waals surface area contributed by atoms with E-state index in [-0.39, 0.29) is 5.69 Å². The summed E-state index contributed by atoms with van der Waals surface area (Å²) in [5, 5.41) is 20.0. The summed E-state index contributed by atoms with van der Waals surface area (Å²) in [4.78, 5) is 12.4. The lowest BCUT2D eigenvalue weighted by Crippen LogP contribution is -2.37. The van der Waals surface area contributed by atoms with Crippen LogP contribution in [0.3, 0.4) is 0 Å². The molecule has 0 N–H and O–H groups in total. The SMILES string of the molecule is Cn1c(SCc2ccc([N+](=O)[O-])cc2)nnc1N1CCOCC1. The van der Waals surface area contributed by atoms with Crippen LogP contribution in [0, 0.1) is 10.1 Å². The van der Waals surface area contributed by atoms with Crippen LogP contribution in [0.15, 0.2) is 29.4 Å². The first-order valence-electron chi connectivity index (χ1n) is 7.23. The summed E-state index contributed by atoms with van der Waals surface area (Å²) in [6, 6.07) is 6.58. The van der Waals surface area contributed by atoms with E-state index in [1.165, 1.54) is 12.1 Å². The molecular weight excluding hydrogens is 318 g/mol. The molecule has 0 spiro atoms. The van der Waals surface area contributed by atoms with Crippen molar-refractivity contribution in [2.75, 3.05) is 31.2 Å². The van der Waals surface area contributed by atoms with Crippen molar-refractivity contribution in [2.45, 2.75) is 10.9 Å². The molecule has 23 heavy (non-hydrogen) atoms. The fraction of sp³-hybridized carbons (Fsp3) is 0.429. The van der Waals surface area contributed by atoms with Gasteiger partial charge in [-0.15, -0.1) is 10.2 Å². The fourth-order valence-corrected chi connectivity index (χ4v) is 3.20. The third-order valence-electron chi connectivity index (χ3n) is 3.62. The van der Waals surface area contributed by atoms with E-state index < -0.39 is 4.92 Å². The van der Waals surface area contributed by atoms with Crippen molar-refractivity contribution in [1.29, 1.82) is 0 Å². The Kier molecular flexibility index (Phi) is 4.77. The monoisotopic (exact) mass is 335 g/mol. The Balaban J connectivity index is 1.64. The second kappa shape index (κ2) is 6.97. The number of aromatic nitrogens is 3. The van der Waals surface area contributed by atoms with Gasteiger partial charge in [-0.2, -0.15) is 0 Å². The number of hydrogen-bond donors (Lipinski definition) is 0. The maximum Gasteiger partial charge on any atom is 0.269 e. The minimum Gasteiger partial charge on any atom is -0.378 e.